The molecule has 4 unspecified atom stereocenters. The molecule has 0 aliphatic carbocycles. The molecule has 3 heteroatoms. The van der Waals surface area contributed by atoms with Crippen molar-refractivity contribution in [3.05, 3.63) is 0 Å². The predicted octanol–water partition coefficient (Wildman–Crippen LogP) is 4.98. The first-order chi connectivity index (χ1) is 7.79. The van der Waals surface area contributed by atoms with Crippen LogP contribution in [-0.4, -0.2) is 22.3 Å². The summed E-state index contributed by atoms with van der Waals surface area (Å²) in [5.41, 5.74) is 0.774. The summed E-state index contributed by atoms with van der Waals surface area (Å²) in [4.78, 5) is 0. The first-order valence-electron chi connectivity index (χ1n) is 7.49. The van der Waals surface area contributed by atoms with Crippen molar-refractivity contribution in [1.29, 1.82) is 0 Å². The second-order valence-corrected chi connectivity index (χ2v) is 14.4. The SMILES string of the molecule is CCC(C)[Si](C)(CC)OC(C)(CC)[SiH](C)CC. The molecule has 0 N–H and O–H groups in total. The number of rotatable bonds is 8. The molecule has 0 aliphatic rings. The third-order valence-electron chi connectivity index (χ3n) is 5.18. The highest BCUT2D eigenvalue weighted by Gasteiger charge is 2.41. The summed E-state index contributed by atoms with van der Waals surface area (Å²) >= 11 is 0. The summed E-state index contributed by atoms with van der Waals surface area (Å²) in [6.07, 6.45) is 2.45. The second kappa shape index (κ2) is 7.10. The molecule has 0 fully saturated rings. The topological polar surface area (TPSA) is 9.23 Å². The van der Waals surface area contributed by atoms with Gasteiger partial charge in [-0.05, 0) is 31.5 Å². The van der Waals surface area contributed by atoms with Gasteiger partial charge in [-0.1, -0.05) is 53.6 Å². The molecular weight excluding hydrogens is 240 g/mol. The van der Waals surface area contributed by atoms with E-state index >= 15 is 0 Å². The largest absolute Gasteiger partial charge is 0.415 e. The molecule has 0 saturated carbocycles. The lowest BCUT2D eigenvalue weighted by molar-refractivity contribution is 0.146. The van der Waals surface area contributed by atoms with Gasteiger partial charge in [0.1, 0.15) is 0 Å². The van der Waals surface area contributed by atoms with E-state index in [1.54, 1.807) is 0 Å². The van der Waals surface area contributed by atoms with Gasteiger partial charge in [0, 0.05) is 5.22 Å². The van der Waals surface area contributed by atoms with Crippen LogP contribution < -0.4 is 0 Å². The smallest absolute Gasteiger partial charge is 0.192 e. The highest BCUT2D eigenvalue weighted by molar-refractivity contribution is 6.75. The second-order valence-electron chi connectivity index (χ2n) is 6.05. The minimum atomic E-state index is -1.53. The monoisotopic (exact) mass is 274 g/mol. The summed E-state index contributed by atoms with van der Waals surface area (Å²) in [5, 5.41) is 0.217. The normalized spacial score (nSPS) is 22.6. The van der Waals surface area contributed by atoms with Crippen molar-refractivity contribution < 1.29 is 4.43 Å². The third-order valence-corrected chi connectivity index (χ3v) is 14.1. The first-order valence-corrected chi connectivity index (χ1v) is 12.7. The van der Waals surface area contributed by atoms with Crippen LogP contribution in [-0.2, 0) is 4.43 Å². The summed E-state index contributed by atoms with van der Waals surface area (Å²) in [6, 6.07) is 2.60. The molecule has 0 heterocycles. The highest BCUT2D eigenvalue weighted by Crippen LogP contribution is 2.36. The Bertz CT molecular complexity index is 200. The molecule has 4 atom stereocenters. The zero-order valence-electron chi connectivity index (χ0n) is 13.4. The van der Waals surface area contributed by atoms with Gasteiger partial charge in [0.2, 0.25) is 0 Å². The van der Waals surface area contributed by atoms with Gasteiger partial charge in [-0.2, -0.15) is 0 Å². The molecule has 0 bridgehead atoms. The van der Waals surface area contributed by atoms with Crippen molar-refractivity contribution in [3.63, 3.8) is 0 Å². The first kappa shape index (κ1) is 17.4. The Hall–Kier alpha value is 0.394. The maximum atomic E-state index is 6.83. The van der Waals surface area contributed by atoms with E-state index in [1.807, 2.05) is 0 Å². The summed E-state index contributed by atoms with van der Waals surface area (Å²) in [7, 11) is -2.29. The Morgan fingerprint density at radius 2 is 1.76 bits per heavy atom. The fourth-order valence-corrected chi connectivity index (χ4v) is 8.73. The Morgan fingerprint density at radius 1 is 1.24 bits per heavy atom. The van der Waals surface area contributed by atoms with E-state index in [1.165, 1.54) is 24.9 Å². The van der Waals surface area contributed by atoms with Crippen LogP contribution in [0, 0.1) is 0 Å². The van der Waals surface area contributed by atoms with Crippen molar-refractivity contribution >= 4 is 17.1 Å². The van der Waals surface area contributed by atoms with Gasteiger partial charge >= 0.3 is 0 Å². The van der Waals surface area contributed by atoms with Gasteiger partial charge in [0.05, 0.1) is 8.80 Å². The molecular formula is C14H34OSi2. The van der Waals surface area contributed by atoms with Gasteiger partial charge in [0.25, 0.3) is 0 Å². The summed E-state index contributed by atoms with van der Waals surface area (Å²) in [6.45, 7) is 19.0. The van der Waals surface area contributed by atoms with Gasteiger partial charge < -0.3 is 4.43 Å². The fraction of sp³-hybridized carbons (Fsp3) is 1.00. The van der Waals surface area contributed by atoms with Crippen LogP contribution in [0.1, 0.15) is 54.4 Å². The van der Waals surface area contributed by atoms with Crippen LogP contribution in [0.15, 0.2) is 0 Å². The van der Waals surface area contributed by atoms with E-state index in [9.17, 15) is 0 Å². The molecule has 0 aromatic rings. The molecule has 0 saturated heterocycles. The predicted molar refractivity (Wildman–Crippen MR) is 85.1 cm³/mol. The Balaban J connectivity index is 4.96. The van der Waals surface area contributed by atoms with Crippen molar-refractivity contribution in [2.45, 2.75) is 90.3 Å². The average molecular weight is 275 g/mol. The van der Waals surface area contributed by atoms with Crippen molar-refractivity contribution in [1.82, 2.24) is 0 Å². The number of hydrogen-bond acceptors (Lipinski definition) is 1. The Labute approximate surface area is 112 Å². The lowest BCUT2D eigenvalue weighted by Gasteiger charge is -2.44. The Morgan fingerprint density at radius 3 is 2.06 bits per heavy atom. The quantitative estimate of drug-likeness (QED) is 0.567. The lowest BCUT2D eigenvalue weighted by Crippen LogP contribution is -2.53. The fourth-order valence-electron chi connectivity index (χ4n) is 2.44. The van der Waals surface area contributed by atoms with Crippen LogP contribution in [0.4, 0.5) is 0 Å². The van der Waals surface area contributed by atoms with Crippen LogP contribution in [0.5, 0.6) is 0 Å². The van der Waals surface area contributed by atoms with Crippen LogP contribution >= 0.6 is 0 Å². The van der Waals surface area contributed by atoms with Crippen molar-refractivity contribution in [2.24, 2.45) is 0 Å². The third kappa shape index (κ3) is 4.21. The minimum absolute atomic E-state index is 0.217. The van der Waals surface area contributed by atoms with Crippen molar-refractivity contribution in [3.8, 4) is 0 Å². The minimum Gasteiger partial charge on any atom is -0.415 e. The van der Waals surface area contributed by atoms with Gasteiger partial charge in [-0.15, -0.1) is 0 Å². The molecule has 0 aromatic heterocycles. The molecule has 0 amide bonds. The molecule has 0 aliphatic heterocycles. The highest BCUT2D eigenvalue weighted by atomic mass is 28.4. The zero-order chi connectivity index (χ0) is 13.7. The molecule has 0 rings (SSSR count). The summed E-state index contributed by atoms with van der Waals surface area (Å²) < 4.78 is 6.83. The van der Waals surface area contributed by atoms with E-state index in [-0.39, 0.29) is 5.22 Å². The molecule has 104 valence electrons. The Kier molecular flexibility index (Phi) is 7.26. The zero-order valence-corrected chi connectivity index (χ0v) is 15.5. The van der Waals surface area contributed by atoms with E-state index in [4.69, 9.17) is 4.43 Å². The lowest BCUT2D eigenvalue weighted by atomic mass is 10.3. The molecule has 0 aromatic carbocycles. The van der Waals surface area contributed by atoms with E-state index in [0.717, 1.165) is 5.54 Å². The van der Waals surface area contributed by atoms with E-state index in [2.05, 4.69) is 54.6 Å². The van der Waals surface area contributed by atoms with Crippen LogP contribution in [0.2, 0.25) is 30.7 Å². The van der Waals surface area contributed by atoms with Crippen molar-refractivity contribution in [2.75, 3.05) is 0 Å². The maximum Gasteiger partial charge on any atom is 0.192 e. The number of hydrogen-bond donors (Lipinski definition) is 0. The summed E-state index contributed by atoms with van der Waals surface area (Å²) in [5.74, 6) is 0. The van der Waals surface area contributed by atoms with Gasteiger partial charge in [-0.3, -0.25) is 0 Å². The standard InChI is InChI=1S/C14H34OSi2/c1-9-13(5)17(8,12-4)15-14(6,10-2)16(7)11-3/h13,16H,9-12H2,1-8H3. The molecule has 17 heavy (non-hydrogen) atoms. The van der Waals surface area contributed by atoms with Gasteiger partial charge in [0.15, 0.2) is 8.32 Å². The van der Waals surface area contributed by atoms with Gasteiger partial charge in [-0.25, -0.2) is 0 Å². The van der Waals surface area contributed by atoms with Crippen LogP contribution in [0.3, 0.4) is 0 Å². The van der Waals surface area contributed by atoms with E-state index in [0.29, 0.717) is 0 Å². The maximum absolute atomic E-state index is 6.83. The van der Waals surface area contributed by atoms with E-state index < -0.39 is 17.1 Å². The molecule has 0 radical (unpaired) electrons. The molecule has 1 nitrogen and oxygen atoms in total. The van der Waals surface area contributed by atoms with Crippen LogP contribution in [0.25, 0.3) is 0 Å². The average Bonchev–Trinajstić information content (AvgIpc) is 2.35. The molecule has 0 spiro atoms.